The molecule has 1 aromatic carbocycles. The Balaban J connectivity index is 3.55. The molecule has 1 rings (SSSR count). The third-order valence-corrected chi connectivity index (χ3v) is 4.62. The molecule has 0 unspecified atom stereocenters. The molecule has 5 heteroatoms. The number of hydrogen-bond acceptors (Lipinski definition) is 2. The first-order chi connectivity index (χ1) is 6.38. The Morgan fingerprint density at radius 2 is 1.93 bits per heavy atom. The van der Waals surface area contributed by atoms with E-state index >= 15 is 0 Å². The lowest BCUT2D eigenvalue weighted by Gasteiger charge is -2.10. The van der Waals surface area contributed by atoms with Gasteiger partial charge in [0.1, 0.15) is 0 Å². The van der Waals surface area contributed by atoms with Crippen molar-refractivity contribution < 1.29 is 8.42 Å². The van der Waals surface area contributed by atoms with Crippen molar-refractivity contribution in [2.45, 2.75) is 17.1 Å². The summed E-state index contributed by atoms with van der Waals surface area (Å²) in [6.45, 7) is 1.90. The van der Waals surface area contributed by atoms with Crippen molar-refractivity contribution in [3.8, 4) is 0 Å². The van der Waals surface area contributed by atoms with Gasteiger partial charge in [-0.25, -0.2) is 8.42 Å². The van der Waals surface area contributed by atoms with E-state index < -0.39 is 9.84 Å². The van der Waals surface area contributed by atoms with Crippen LogP contribution in [0.4, 0.5) is 0 Å². The molecule has 0 saturated carbocycles. The second-order valence-electron chi connectivity index (χ2n) is 3.05. The van der Waals surface area contributed by atoms with Crippen molar-refractivity contribution in [3.05, 3.63) is 27.7 Å². The molecule has 0 atom stereocenters. The van der Waals surface area contributed by atoms with E-state index in [-0.39, 0.29) is 0 Å². The number of benzene rings is 1. The van der Waals surface area contributed by atoms with Crippen molar-refractivity contribution >= 4 is 41.7 Å². The van der Waals surface area contributed by atoms with Crippen LogP contribution in [0.5, 0.6) is 0 Å². The van der Waals surface area contributed by atoms with E-state index in [2.05, 4.69) is 31.9 Å². The van der Waals surface area contributed by atoms with Gasteiger partial charge in [0.15, 0.2) is 9.84 Å². The largest absolute Gasteiger partial charge is 0.224 e. The van der Waals surface area contributed by atoms with Gasteiger partial charge in [0.05, 0.1) is 4.90 Å². The summed E-state index contributed by atoms with van der Waals surface area (Å²) in [7, 11) is -3.14. The molecule has 0 aliphatic carbocycles. The molecule has 1 aromatic rings. The zero-order valence-electron chi connectivity index (χ0n) is 7.84. The molecule has 0 radical (unpaired) electrons. The first kappa shape index (κ1) is 12.2. The lowest BCUT2D eigenvalue weighted by atomic mass is 10.1. The molecule has 0 amide bonds. The molecule has 0 bridgehead atoms. The highest BCUT2D eigenvalue weighted by Crippen LogP contribution is 2.27. The molecule has 0 saturated heterocycles. The van der Waals surface area contributed by atoms with Crippen molar-refractivity contribution in [2.24, 2.45) is 0 Å². The first-order valence-corrected chi connectivity index (χ1v) is 7.72. The zero-order valence-corrected chi connectivity index (χ0v) is 11.8. The summed E-state index contributed by atoms with van der Waals surface area (Å²) in [5.41, 5.74) is 1.78. The predicted molar refractivity (Wildman–Crippen MR) is 64.6 cm³/mol. The quantitative estimate of drug-likeness (QED) is 0.775. The first-order valence-electron chi connectivity index (χ1n) is 3.92. The second kappa shape index (κ2) is 4.33. The Morgan fingerprint density at radius 1 is 1.36 bits per heavy atom. The highest BCUT2D eigenvalue weighted by Gasteiger charge is 2.15. The van der Waals surface area contributed by atoms with Crippen molar-refractivity contribution in [1.29, 1.82) is 0 Å². The van der Waals surface area contributed by atoms with Crippen molar-refractivity contribution in [2.75, 3.05) is 6.26 Å². The third kappa shape index (κ3) is 2.38. The molecular formula is C9H10Br2O2S. The number of alkyl halides is 1. The van der Waals surface area contributed by atoms with Gasteiger partial charge in [0, 0.05) is 16.1 Å². The van der Waals surface area contributed by atoms with Gasteiger partial charge in [-0.1, -0.05) is 31.9 Å². The van der Waals surface area contributed by atoms with Gasteiger partial charge in [-0.3, -0.25) is 0 Å². The van der Waals surface area contributed by atoms with Gasteiger partial charge in [0.2, 0.25) is 0 Å². The SMILES string of the molecule is Cc1c(Br)ccc(S(C)(=O)=O)c1CBr. The van der Waals surface area contributed by atoms with Crippen LogP contribution in [0, 0.1) is 6.92 Å². The van der Waals surface area contributed by atoms with Crippen molar-refractivity contribution in [3.63, 3.8) is 0 Å². The predicted octanol–water partition coefficient (Wildman–Crippen LogP) is 3.06. The van der Waals surface area contributed by atoms with Crippen LogP contribution in [-0.2, 0) is 15.2 Å². The van der Waals surface area contributed by atoms with Crippen LogP contribution < -0.4 is 0 Å². The average Bonchev–Trinajstić information content (AvgIpc) is 2.07. The van der Waals surface area contributed by atoms with Crippen LogP contribution in [0.2, 0.25) is 0 Å². The summed E-state index contributed by atoms with van der Waals surface area (Å²) in [5, 5.41) is 0.542. The molecule has 78 valence electrons. The number of rotatable bonds is 2. The lowest BCUT2D eigenvalue weighted by Crippen LogP contribution is -2.03. The topological polar surface area (TPSA) is 34.1 Å². The Kier molecular flexibility index (Phi) is 3.77. The Morgan fingerprint density at radius 3 is 2.36 bits per heavy atom. The minimum Gasteiger partial charge on any atom is -0.224 e. The van der Waals surface area contributed by atoms with E-state index in [1.807, 2.05) is 6.92 Å². The third-order valence-electron chi connectivity index (χ3n) is 2.02. The summed E-state index contributed by atoms with van der Waals surface area (Å²) in [6, 6.07) is 3.39. The standard InChI is InChI=1S/C9H10Br2O2S/c1-6-7(5-10)9(14(2,12)13)4-3-8(6)11/h3-4H,5H2,1-2H3. The van der Waals surface area contributed by atoms with Gasteiger partial charge in [-0.15, -0.1) is 0 Å². The van der Waals surface area contributed by atoms with E-state index in [0.29, 0.717) is 10.2 Å². The van der Waals surface area contributed by atoms with E-state index in [1.165, 1.54) is 6.26 Å². The smallest absolute Gasteiger partial charge is 0.175 e. The van der Waals surface area contributed by atoms with E-state index in [9.17, 15) is 8.42 Å². The maximum atomic E-state index is 11.4. The fourth-order valence-corrected chi connectivity index (χ4v) is 3.48. The molecule has 14 heavy (non-hydrogen) atoms. The molecule has 0 aliphatic heterocycles. The van der Waals surface area contributed by atoms with Crippen molar-refractivity contribution in [1.82, 2.24) is 0 Å². The van der Waals surface area contributed by atoms with Crippen LogP contribution in [0.1, 0.15) is 11.1 Å². The average molecular weight is 342 g/mol. The molecule has 0 aromatic heterocycles. The molecule has 0 N–H and O–H groups in total. The Hall–Kier alpha value is 0.130. The number of halogens is 2. The molecule has 0 heterocycles. The van der Waals surface area contributed by atoms with Gasteiger partial charge in [-0.2, -0.15) is 0 Å². The summed E-state index contributed by atoms with van der Waals surface area (Å²) in [6.07, 6.45) is 1.22. The van der Waals surface area contributed by atoms with Gasteiger partial charge in [0.25, 0.3) is 0 Å². The van der Waals surface area contributed by atoms with Gasteiger partial charge in [-0.05, 0) is 30.2 Å². The number of sulfone groups is 1. The molecule has 0 fully saturated rings. The Bertz CT molecular complexity index is 452. The lowest BCUT2D eigenvalue weighted by molar-refractivity contribution is 0.601. The molecule has 0 spiro atoms. The van der Waals surface area contributed by atoms with Crippen LogP contribution in [0.25, 0.3) is 0 Å². The highest BCUT2D eigenvalue weighted by atomic mass is 79.9. The van der Waals surface area contributed by atoms with Crippen LogP contribution in [0.3, 0.4) is 0 Å². The molecule has 2 nitrogen and oxygen atoms in total. The van der Waals surface area contributed by atoms with Crippen LogP contribution in [-0.4, -0.2) is 14.7 Å². The molecule has 0 aliphatic rings. The summed E-state index contributed by atoms with van der Waals surface area (Å²) in [5.74, 6) is 0. The minimum atomic E-state index is -3.14. The zero-order chi connectivity index (χ0) is 10.9. The van der Waals surface area contributed by atoms with E-state index in [1.54, 1.807) is 12.1 Å². The Labute approximate surface area is 101 Å². The van der Waals surface area contributed by atoms with Crippen LogP contribution in [0.15, 0.2) is 21.5 Å². The second-order valence-corrected chi connectivity index (χ2v) is 6.45. The normalized spacial score (nSPS) is 11.7. The van der Waals surface area contributed by atoms with E-state index in [0.717, 1.165) is 15.6 Å². The molecular weight excluding hydrogens is 332 g/mol. The monoisotopic (exact) mass is 340 g/mol. The highest BCUT2D eigenvalue weighted by molar-refractivity contribution is 9.10. The maximum Gasteiger partial charge on any atom is 0.175 e. The summed E-state index contributed by atoms with van der Waals surface area (Å²) in [4.78, 5) is 0.398. The fourth-order valence-electron chi connectivity index (χ4n) is 1.22. The number of hydrogen-bond donors (Lipinski definition) is 0. The van der Waals surface area contributed by atoms with Gasteiger partial charge < -0.3 is 0 Å². The summed E-state index contributed by atoms with van der Waals surface area (Å²) < 4.78 is 23.8. The van der Waals surface area contributed by atoms with E-state index in [4.69, 9.17) is 0 Å². The fraction of sp³-hybridized carbons (Fsp3) is 0.333. The maximum absolute atomic E-state index is 11.4. The summed E-state index contributed by atoms with van der Waals surface area (Å²) >= 11 is 6.67. The van der Waals surface area contributed by atoms with Gasteiger partial charge >= 0.3 is 0 Å². The minimum absolute atomic E-state index is 0.398. The van der Waals surface area contributed by atoms with Crippen LogP contribution >= 0.6 is 31.9 Å².